The quantitative estimate of drug-likeness (QED) is 0.327. The molecule has 1 aliphatic rings. The van der Waals surface area contributed by atoms with Crippen LogP contribution in [0.2, 0.25) is 0 Å². The van der Waals surface area contributed by atoms with Gasteiger partial charge in [0.2, 0.25) is 0 Å². The molecule has 0 aliphatic carbocycles. The molecule has 2 aromatic carbocycles. The first-order valence-electron chi connectivity index (χ1n) is 11.6. The normalized spacial score (nSPS) is 14.4. The third-order valence-corrected chi connectivity index (χ3v) is 5.46. The van der Waals surface area contributed by atoms with Crippen LogP contribution in [0.25, 0.3) is 5.57 Å². The summed E-state index contributed by atoms with van der Waals surface area (Å²) in [6, 6.07) is 15.3. The molecule has 8 heteroatoms. The summed E-state index contributed by atoms with van der Waals surface area (Å²) in [5.41, 5.74) is 2.36. The van der Waals surface area contributed by atoms with Crippen LogP contribution in [0.1, 0.15) is 31.9 Å². The Hall–Kier alpha value is -3.68. The van der Waals surface area contributed by atoms with E-state index in [2.05, 4.69) is 4.90 Å². The molecule has 1 heterocycles. The molecule has 1 aliphatic heterocycles. The molecule has 0 atom stereocenters. The number of methoxy groups -OCH3 is 2. The van der Waals surface area contributed by atoms with Gasteiger partial charge in [0, 0.05) is 37.9 Å². The third-order valence-electron chi connectivity index (χ3n) is 5.46. The number of carbonyl (C=O) groups is 2. The van der Waals surface area contributed by atoms with Crippen LogP contribution in [-0.2, 0) is 25.6 Å². The van der Waals surface area contributed by atoms with E-state index < -0.39 is 11.6 Å². The maximum atomic E-state index is 12.3. The van der Waals surface area contributed by atoms with Gasteiger partial charge in [0.05, 0.1) is 20.5 Å². The molecule has 188 valence electrons. The standard InChI is InChI=1S/C27H34N2O6/c1-27(2,3)35-26(31)29-15-13-28(14-16-29)21-10-8-11-22(17-21)34-18-20-9-6-7-12-23(20)24(19-32-4)25(30)33-5/h6-12,17,19H,13-16,18H2,1-5H3. The number of piperazine rings is 1. The minimum Gasteiger partial charge on any atom is -0.503 e. The molecule has 0 saturated carbocycles. The molecule has 0 bridgehead atoms. The summed E-state index contributed by atoms with van der Waals surface area (Å²) in [5, 5.41) is 0. The lowest BCUT2D eigenvalue weighted by molar-refractivity contribution is -0.133. The minimum atomic E-state index is -0.504. The first-order chi connectivity index (χ1) is 16.7. The molecule has 0 unspecified atom stereocenters. The van der Waals surface area contributed by atoms with Crippen molar-refractivity contribution in [3.63, 3.8) is 0 Å². The van der Waals surface area contributed by atoms with E-state index in [4.69, 9.17) is 18.9 Å². The summed E-state index contributed by atoms with van der Waals surface area (Å²) in [7, 11) is 2.82. The Bertz CT molecular complexity index is 1050. The number of ether oxygens (including phenoxy) is 4. The molecule has 1 amide bonds. The minimum absolute atomic E-state index is 0.268. The zero-order valence-corrected chi connectivity index (χ0v) is 21.1. The highest BCUT2D eigenvalue weighted by Gasteiger charge is 2.26. The Labute approximate surface area is 207 Å². The molecule has 0 radical (unpaired) electrons. The zero-order valence-electron chi connectivity index (χ0n) is 21.1. The van der Waals surface area contributed by atoms with Crippen molar-refractivity contribution in [1.29, 1.82) is 0 Å². The highest BCUT2D eigenvalue weighted by molar-refractivity contribution is 6.16. The van der Waals surface area contributed by atoms with E-state index in [1.165, 1.54) is 20.5 Å². The summed E-state index contributed by atoms with van der Waals surface area (Å²) < 4.78 is 21.6. The number of esters is 1. The SMILES string of the molecule is COC=C(C(=O)OC)c1ccccc1COc1cccc(N2CCN(C(=O)OC(C)(C)C)CC2)c1. The van der Waals surface area contributed by atoms with Crippen LogP contribution >= 0.6 is 0 Å². The smallest absolute Gasteiger partial charge is 0.410 e. The van der Waals surface area contributed by atoms with Gasteiger partial charge in [-0.15, -0.1) is 0 Å². The van der Waals surface area contributed by atoms with Crippen molar-refractivity contribution in [3.05, 3.63) is 65.9 Å². The fraction of sp³-hybridized carbons (Fsp3) is 0.407. The number of amides is 1. The molecule has 3 rings (SSSR count). The van der Waals surface area contributed by atoms with E-state index in [9.17, 15) is 9.59 Å². The van der Waals surface area contributed by atoms with E-state index in [-0.39, 0.29) is 12.7 Å². The van der Waals surface area contributed by atoms with Crippen LogP contribution in [0.4, 0.5) is 10.5 Å². The Morgan fingerprint density at radius 1 is 0.971 bits per heavy atom. The first kappa shape index (κ1) is 25.9. The molecule has 0 spiro atoms. The number of nitrogens with zero attached hydrogens (tertiary/aromatic N) is 2. The molecule has 1 fully saturated rings. The predicted molar refractivity (Wildman–Crippen MR) is 134 cm³/mol. The number of anilines is 1. The zero-order chi connectivity index (χ0) is 25.4. The van der Waals surface area contributed by atoms with Gasteiger partial charge < -0.3 is 28.7 Å². The first-order valence-corrected chi connectivity index (χ1v) is 11.6. The van der Waals surface area contributed by atoms with E-state index in [1.807, 2.05) is 69.3 Å². The lowest BCUT2D eigenvalue weighted by Gasteiger charge is -2.36. The third kappa shape index (κ3) is 7.15. The number of rotatable bonds is 7. The average Bonchev–Trinajstić information content (AvgIpc) is 2.85. The summed E-state index contributed by atoms with van der Waals surface area (Å²) in [6.07, 6.45) is 1.10. The maximum Gasteiger partial charge on any atom is 0.410 e. The predicted octanol–water partition coefficient (Wildman–Crippen LogP) is 4.48. The summed E-state index contributed by atoms with van der Waals surface area (Å²) in [6.45, 7) is 8.47. The van der Waals surface area contributed by atoms with Crippen LogP contribution in [0.5, 0.6) is 5.75 Å². The lowest BCUT2D eigenvalue weighted by Crippen LogP contribution is -2.50. The molecular weight excluding hydrogens is 448 g/mol. The van der Waals surface area contributed by atoms with Gasteiger partial charge in [0.25, 0.3) is 0 Å². The number of hydrogen-bond acceptors (Lipinski definition) is 7. The summed E-state index contributed by atoms with van der Waals surface area (Å²) >= 11 is 0. The monoisotopic (exact) mass is 482 g/mol. The van der Waals surface area contributed by atoms with E-state index in [0.717, 1.165) is 11.3 Å². The van der Waals surface area contributed by atoms with Crippen LogP contribution in [0.15, 0.2) is 54.8 Å². The van der Waals surface area contributed by atoms with Gasteiger partial charge in [-0.05, 0) is 44.0 Å². The lowest BCUT2D eigenvalue weighted by atomic mass is 10.0. The highest BCUT2D eigenvalue weighted by Crippen LogP contribution is 2.26. The average molecular weight is 483 g/mol. The van der Waals surface area contributed by atoms with Gasteiger partial charge in [0.1, 0.15) is 23.5 Å². The molecule has 0 aromatic heterocycles. The van der Waals surface area contributed by atoms with Gasteiger partial charge >= 0.3 is 12.1 Å². The number of carbonyl (C=O) groups excluding carboxylic acids is 2. The van der Waals surface area contributed by atoms with Crippen LogP contribution in [0.3, 0.4) is 0 Å². The fourth-order valence-corrected chi connectivity index (χ4v) is 3.76. The molecule has 35 heavy (non-hydrogen) atoms. The van der Waals surface area contributed by atoms with Crippen molar-refractivity contribution in [2.24, 2.45) is 0 Å². The van der Waals surface area contributed by atoms with Crippen molar-refractivity contribution in [1.82, 2.24) is 4.90 Å². The van der Waals surface area contributed by atoms with E-state index >= 15 is 0 Å². The van der Waals surface area contributed by atoms with Crippen LogP contribution in [-0.4, -0.2) is 63.0 Å². The molecular formula is C27H34N2O6. The van der Waals surface area contributed by atoms with E-state index in [0.29, 0.717) is 43.1 Å². The second-order valence-electron chi connectivity index (χ2n) is 9.16. The second kappa shape index (κ2) is 11.6. The van der Waals surface area contributed by atoms with Crippen LogP contribution in [0, 0.1) is 0 Å². The molecule has 8 nitrogen and oxygen atoms in total. The maximum absolute atomic E-state index is 12.3. The Balaban J connectivity index is 1.65. The van der Waals surface area contributed by atoms with Crippen molar-refractivity contribution in [2.75, 3.05) is 45.3 Å². The number of hydrogen-bond donors (Lipinski definition) is 0. The summed E-state index contributed by atoms with van der Waals surface area (Å²) in [4.78, 5) is 28.5. The van der Waals surface area contributed by atoms with E-state index in [1.54, 1.807) is 4.90 Å². The second-order valence-corrected chi connectivity index (χ2v) is 9.16. The molecule has 1 saturated heterocycles. The van der Waals surface area contributed by atoms with Crippen molar-refractivity contribution in [3.8, 4) is 5.75 Å². The topological polar surface area (TPSA) is 77.5 Å². The van der Waals surface area contributed by atoms with Gasteiger partial charge in [0.15, 0.2) is 0 Å². The molecule has 0 N–H and O–H groups in total. The van der Waals surface area contributed by atoms with Crippen LogP contribution < -0.4 is 9.64 Å². The largest absolute Gasteiger partial charge is 0.503 e. The Morgan fingerprint density at radius 3 is 2.34 bits per heavy atom. The van der Waals surface area contributed by atoms with Gasteiger partial charge in [-0.2, -0.15) is 0 Å². The number of benzene rings is 2. The Kier molecular flexibility index (Phi) is 8.63. The fourth-order valence-electron chi connectivity index (χ4n) is 3.76. The van der Waals surface area contributed by atoms with Crippen molar-refractivity contribution >= 4 is 23.3 Å². The van der Waals surface area contributed by atoms with Crippen molar-refractivity contribution < 1.29 is 28.5 Å². The van der Waals surface area contributed by atoms with Gasteiger partial charge in [-0.25, -0.2) is 9.59 Å². The Morgan fingerprint density at radius 2 is 1.69 bits per heavy atom. The highest BCUT2D eigenvalue weighted by atomic mass is 16.6. The summed E-state index contributed by atoms with van der Waals surface area (Å²) in [5.74, 6) is 0.231. The van der Waals surface area contributed by atoms with Crippen molar-refractivity contribution in [2.45, 2.75) is 33.0 Å². The van der Waals surface area contributed by atoms with Gasteiger partial charge in [-0.3, -0.25) is 0 Å². The molecule has 2 aromatic rings. The van der Waals surface area contributed by atoms with Gasteiger partial charge in [-0.1, -0.05) is 30.3 Å².